The first-order chi connectivity index (χ1) is 7.88. The van der Waals surface area contributed by atoms with E-state index in [9.17, 15) is 0 Å². The van der Waals surface area contributed by atoms with E-state index in [1.54, 1.807) is 0 Å². The van der Waals surface area contributed by atoms with Gasteiger partial charge in [-0.2, -0.15) is 28.5 Å². The van der Waals surface area contributed by atoms with Crippen LogP contribution in [0.5, 0.6) is 0 Å². The zero-order valence-corrected chi connectivity index (χ0v) is 11.1. The highest BCUT2D eigenvalue weighted by Gasteiger charge is 2.16. The van der Waals surface area contributed by atoms with E-state index in [0.717, 1.165) is 41.9 Å². The fourth-order valence-electron chi connectivity index (χ4n) is 1.59. The van der Waals surface area contributed by atoms with E-state index in [4.69, 9.17) is 4.52 Å². The predicted molar refractivity (Wildman–Crippen MR) is 69.0 cm³/mol. The predicted octanol–water partition coefficient (Wildman–Crippen LogP) is 1.57. The maximum Gasteiger partial charge on any atom is 0.228 e. The molecular formula is C10H17N3OS2. The molecule has 1 fully saturated rings. The first-order valence-electron chi connectivity index (χ1n) is 5.59. The number of nitrogens with one attached hydrogen (secondary N) is 1. The Kier molecular flexibility index (Phi) is 4.99. The maximum atomic E-state index is 5.24. The Morgan fingerprint density at radius 3 is 3.31 bits per heavy atom. The first kappa shape index (κ1) is 12.3. The van der Waals surface area contributed by atoms with E-state index in [1.807, 2.05) is 23.5 Å². The number of nitrogens with zero attached hydrogens (tertiary/aromatic N) is 2. The topological polar surface area (TPSA) is 51.0 Å². The third-order valence-corrected chi connectivity index (χ3v) is 4.37. The van der Waals surface area contributed by atoms with E-state index in [1.165, 1.54) is 5.75 Å². The van der Waals surface area contributed by atoms with Crippen LogP contribution in [0.1, 0.15) is 18.6 Å². The average molecular weight is 259 g/mol. The zero-order chi connectivity index (χ0) is 11.2. The van der Waals surface area contributed by atoms with E-state index in [0.29, 0.717) is 6.04 Å². The summed E-state index contributed by atoms with van der Waals surface area (Å²) in [5.74, 6) is 5.88. The number of rotatable bonds is 5. The Morgan fingerprint density at radius 2 is 2.56 bits per heavy atom. The van der Waals surface area contributed by atoms with E-state index < -0.39 is 0 Å². The standard InChI is InChI=1S/C10H17N3OS2/c1-2-15-7-9-12-10(14-13-9)5-8-6-16-4-3-11-8/h8,11H,2-7H2,1H3. The molecule has 1 aliphatic rings. The highest BCUT2D eigenvalue weighted by Crippen LogP contribution is 2.13. The van der Waals surface area contributed by atoms with Gasteiger partial charge in [-0.3, -0.25) is 0 Å². The van der Waals surface area contributed by atoms with Gasteiger partial charge in [0.25, 0.3) is 0 Å². The minimum absolute atomic E-state index is 0.492. The lowest BCUT2D eigenvalue weighted by Gasteiger charge is -2.21. The van der Waals surface area contributed by atoms with Crippen LogP contribution in [0.2, 0.25) is 0 Å². The third-order valence-electron chi connectivity index (χ3n) is 2.36. The second-order valence-corrected chi connectivity index (χ2v) is 6.10. The third kappa shape index (κ3) is 3.68. The van der Waals surface area contributed by atoms with Crippen molar-refractivity contribution in [2.75, 3.05) is 23.8 Å². The Hall–Kier alpha value is -0.200. The molecule has 2 heterocycles. The monoisotopic (exact) mass is 259 g/mol. The molecule has 0 bridgehead atoms. The van der Waals surface area contributed by atoms with Crippen molar-refractivity contribution < 1.29 is 4.52 Å². The minimum Gasteiger partial charge on any atom is -0.339 e. The number of hydrogen-bond acceptors (Lipinski definition) is 6. The molecule has 2 rings (SSSR count). The molecule has 1 aromatic rings. The van der Waals surface area contributed by atoms with Crippen LogP contribution in [0, 0.1) is 0 Å². The van der Waals surface area contributed by atoms with Gasteiger partial charge in [-0.15, -0.1) is 0 Å². The van der Waals surface area contributed by atoms with Gasteiger partial charge in [-0.1, -0.05) is 12.1 Å². The smallest absolute Gasteiger partial charge is 0.228 e. The van der Waals surface area contributed by atoms with Crippen molar-refractivity contribution in [1.29, 1.82) is 0 Å². The van der Waals surface area contributed by atoms with Gasteiger partial charge in [-0.25, -0.2) is 0 Å². The van der Waals surface area contributed by atoms with Crippen LogP contribution in [0.3, 0.4) is 0 Å². The second-order valence-electron chi connectivity index (χ2n) is 3.67. The van der Waals surface area contributed by atoms with E-state index >= 15 is 0 Å². The van der Waals surface area contributed by atoms with Crippen LogP contribution in [-0.2, 0) is 12.2 Å². The number of aromatic nitrogens is 2. The molecule has 0 aliphatic carbocycles. The normalized spacial score (nSPS) is 21.2. The molecule has 1 N–H and O–H groups in total. The van der Waals surface area contributed by atoms with Crippen LogP contribution in [0.4, 0.5) is 0 Å². The lowest BCUT2D eigenvalue weighted by molar-refractivity contribution is 0.359. The quantitative estimate of drug-likeness (QED) is 0.866. The summed E-state index contributed by atoms with van der Waals surface area (Å²) >= 11 is 3.80. The number of thioether (sulfide) groups is 2. The minimum atomic E-state index is 0.492. The van der Waals surface area contributed by atoms with Gasteiger partial charge in [0.2, 0.25) is 5.89 Å². The average Bonchev–Trinajstić information content (AvgIpc) is 2.75. The van der Waals surface area contributed by atoms with Gasteiger partial charge < -0.3 is 9.84 Å². The van der Waals surface area contributed by atoms with Crippen LogP contribution >= 0.6 is 23.5 Å². The van der Waals surface area contributed by atoms with Gasteiger partial charge in [0.15, 0.2) is 5.82 Å². The van der Waals surface area contributed by atoms with Crippen LogP contribution in [-0.4, -0.2) is 40.0 Å². The van der Waals surface area contributed by atoms with Crippen molar-refractivity contribution >= 4 is 23.5 Å². The fraction of sp³-hybridized carbons (Fsp3) is 0.800. The van der Waals surface area contributed by atoms with Gasteiger partial charge in [0.1, 0.15) is 0 Å². The molecule has 4 nitrogen and oxygen atoms in total. The maximum absolute atomic E-state index is 5.24. The van der Waals surface area contributed by atoms with Crippen LogP contribution < -0.4 is 5.32 Å². The summed E-state index contributed by atoms with van der Waals surface area (Å²) < 4.78 is 5.24. The SMILES string of the molecule is CCSCc1noc(CC2CSCCN2)n1. The molecule has 1 saturated heterocycles. The zero-order valence-electron chi connectivity index (χ0n) is 9.44. The Balaban J connectivity index is 1.81. The van der Waals surface area contributed by atoms with Crippen LogP contribution in [0.25, 0.3) is 0 Å². The van der Waals surface area contributed by atoms with Crippen molar-refractivity contribution in [2.24, 2.45) is 0 Å². The highest BCUT2D eigenvalue weighted by molar-refractivity contribution is 7.99. The van der Waals surface area contributed by atoms with Gasteiger partial charge >= 0.3 is 0 Å². The van der Waals surface area contributed by atoms with Crippen molar-refractivity contribution in [3.8, 4) is 0 Å². The fourth-order valence-corrected chi connectivity index (χ4v) is 3.04. The van der Waals surface area contributed by atoms with Crippen molar-refractivity contribution in [2.45, 2.75) is 25.1 Å². The summed E-state index contributed by atoms with van der Waals surface area (Å²) in [7, 11) is 0. The molecular weight excluding hydrogens is 242 g/mol. The molecule has 16 heavy (non-hydrogen) atoms. The molecule has 0 spiro atoms. The summed E-state index contributed by atoms with van der Waals surface area (Å²) in [5, 5.41) is 7.44. The van der Waals surface area contributed by atoms with Crippen molar-refractivity contribution in [3.63, 3.8) is 0 Å². The van der Waals surface area contributed by atoms with Crippen molar-refractivity contribution in [3.05, 3.63) is 11.7 Å². The second kappa shape index (κ2) is 6.51. The number of hydrogen-bond donors (Lipinski definition) is 1. The summed E-state index contributed by atoms with van der Waals surface area (Å²) in [4.78, 5) is 4.39. The largest absolute Gasteiger partial charge is 0.339 e. The van der Waals surface area contributed by atoms with Gasteiger partial charge in [0.05, 0.1) is 5.75 Å². The van der Waals surface area contributed by atoms with Crippen LogP contribution in [0.15, 0.2) is 4.52 Å². The van der Waals surface area contributed by atoms with Gasteiger partial charge in [0, 0.05) is 30.5 Å². The molecule has 1 aromatic heterocycles. The Bertz CT molecular complexity index is 313. The van der Waals surface area contributed by atoms with E-state index in [-0.39, 0.29) is 0 Å². The lowest BCUT2D eigenvalue weighted by Crippen LogP contribution is -2.38. The first-order valence-corrected chi connectivity index (χ1v) is 7.89. The summed E-state index contributed by atoms with van der Waals surface area (Å²) in [6.45, 7) is 3.22. The van der Waals surface area contributed by atoms with Crippen molar-refractivity contribution in [1.82, 2.24) is 15.5 Å². The molecule has 90 valence electrons. The van der Waals surface area contributed by atoms with Gasteiger partial charge in [-0.05, 0) is 5.75 Å². The highest BCUT2D eigenvalue weighted by atomic mass is 32.2. The molecule has 0 aromatic carbocycles. The summed E-state index contributed by atoms with van der Waals surface area (Å²) in [6, 6.07) is 0.492. The summed E-state index contributed by atoms with van der Waals surface area (Å²) in [5.41, 5.74) is 0. The molecule has 0 saturated carbocycles. The molecule has 1 unspecified atom stereocenters. The Morgan fingerprint density at radius 1 is 1.62 bits per heavy atom. The molecule has 0 amide bonds. The van der Waals surface area contributed by atoms with E-state index in [2.05, 4.69) is 22.4 Å². The summed E-state index contributed by atoms with van der Waals surface area (Å²) in [6.07, 6.45) is 0.858. The lowest BCUT2D eigenvalue weighted by atomic mass is 10.2. The molecule has 0 radical (unpaired) electrons. The Labute approximate surface area is 104 Å². The molecule has 6 heteroatoms. The molecule has 1 atom stereocenters. The molecule has 1 aliphatic heterocycles.